The molecule has 1 aromatic rings. The highest BCUT2D eigenvalue weighted by atomic mass is 32.2. The van der Waals surface area contributed by atoms with E-state index < -0.39 is 0 Å². The minimum atomic E-state index is -0.223. The zero-order valence-electron chi connectivity index (χ0n) is 41.5. The van der Waals surface area contributed by atoms with Gasteiger partial charge in [0.05, 0.1) is 6.42 Å². The topological polar surface area (TPSA) is 46.5 Å². The number of phenols is 1. The van der Waals surface area contributed by atoms with Crippen LogP contribution in [0, 0.1) is 0 Å². The summed E-state index contributed by atoms with van der Waals surface area (Å²) in [7, 11) is 0. The predicted molar refractivity (Wildman–Crippen MR) is 273 cm³/mol. The maximum absolute atomic E-state index is 13.5. The van der Waals surface area contributed by atoms with Crippen LogP contribution in [0.4, 0.5) is 0 Å². The molecule has 0 atom stereocenters. The van der Waals surface area contributed by atoms with Gasteiger partial charge in [-0.05, 0) is 51.9 Å². The number of carbonyl (C=O) groups is 1. The molecule has 3 nitrogen and oxygen atoms in total. The number of unbranched alkanes of at least 4 members (excludes halogenated alkanes) is 30. The van der Waals surface area contributed by atoms with E-state index >= 15 is 0 Å². The molecule has 0 amide bonds. The summed E-state index contributed by atoms with van der Waals surface area (Å²) in [4.78, 5) is 13.5. The summed E-state index contributed by atoms with van der Waals surface area (Å²) in [5.74, 6) is 4.28. The Balaban J connectivity index is 2.42. The van der Waals surface area contributed by atoms with Crippen molar-refractivity contribution in [1.82, 2.24) is 0 Å². The number of hydrogen-bond acceptors (Lipinski definition) is 5. The number of phenolic OH excluding ortho intramolecular Hbond substituents is 1. The quantitative estimate of drug-likeness (QED) is 0.0525. The van der Waals surface area contributed by atoms with E-state index in [1.807, 2.05) is 35.7 Å². The van der Waals surface area contributed by atoms with E-state index in [9.17, 15) is 9.90 Å². The highest BCUT2D eigenvalue weighted by Gasteiger charge is 2.27. The maximum Gasteiger partial charge on any atom is 0.310 e. The molecule has 0 radical (unpaired) electrons. The van der Waals surface area contributed by atoms with Gasteiger partial charge in [-0.1, -0.05) is 260 Å². The summed E-state index contributed by atoms with van der Waals surface area (Å²) >= 11 is 3.95. The number of hydrogen-bond donors (Lipinski definition) is 1. The number of benzene rings is 1. The van der Waals surface area contributed by atoms with E-state index in [-0.39, 0.29) is 29.3 Å². The summed E-state index contributed by atoms with van der Waals surface area (Å²) in [6.45, 7) is 17.3. The van der Waals surface area contributed by atoms with Gasteiger partial charge in [-0.25, -0.2) is 0 Å². The van der Waals surface area contributed by atoms with Crippen molar-refractivity contribution >= 4 is 29.5 Å². The van der Waals surface area contributed by atoms with Crippen LogP contribution in [0.3, 0.4) is 0 Å². The van der Waals surface area contributed by atoms with E-state index in [1.54, 1.807) is 0 Å². The lowest BCUT2D eigenvalue weighted by atomic mass is 9.78. The summed E-state index contributed by atoms with van der Waals surface area (Å²) in [5.41, 5.74) is 2.29. The fraction of sp³-hybridized carbons (Fsp3) is 0.873. The minimum Gasteiger partial charge on any atom is -0.507 e. The summed E-state index contributed by atoms with van der Waals surface area (Å²) in [5, 5.41) is 11.2. The standard InChI is InChI=1S/C55H102O3S2/c1-9-11-13-15-17-19-21-23-25-27-29-31-33-35-37-39-41-59-46-49(47-60-42-40-38-36-34-32-30-28-26-24-22-20-18-16-14-12-10-2)58-52(56)45-48-43-50(54(3,4)5)53(57)51(44-48)55(6,7)8/h43-44,49,57H,9-42,45-47H2,1-8H3. The van der Waals surface area contributed by atoms with Gasteiger partial charge in [-0.3, -0.25) is 4.79 Å². The van der Waals surface area contributed by atoms with E-state index in [4.69, 9.17) is 4.74 Å². The molecule has 0 aliphatic carbocycles. The molecular weight excluding hydrogens is 773 g/mol. The number of rotatable bonds is 41. The molecule has 0 aliphatic heterocycles. The maximum atomic E-state index is 13.5. The highest BCUT2D eigenvalue weighted by Crippen LogP contribution is 2.40. The Morgan fingerprint density at radius 1 is 0.483 bits per heavy atom. The third kappa shape index (κ3) is 31.9. The van der Waals surface area contributed by atoms with E-state index in [1.165, 1.54) is 205 Å². The van der Waals surface area contributed by atoms with Crippen molar-refractivity contribution in [2.45, 2.75) is 284 Å². The zero-order chi connectivity index (χ0) is 44.2. The highest BCUT2D eigenvalue weighted by molar-refractivity contribution is 8.00. The molecule has 1 N–H and O–H groups in total. The Bertz CT molecular complexity index is 1060. The second-order valence-corrected chi connectivity index (χ2v) is 22.9. The molecule has 1 aromatic carbocycles. The van der Waals surface area contributed by atoms with Crippen LogP contribution in [-0.4, -0.2) is 40.2 Å². The van der Waals surface area contributed by atoms with Crippen LogP contribution >= 0.6 is 23.5 Å². The average molecular weight is 876 g/mol. The first kappa shape index (κ1) is 57.2. The zero-order valence-corrected chi connectivity index (χ0v) is 43.1. The van der Waals surface area contributed by atoms with Gasteiger partial charge in [0.15, 0.2) is 0 Å². The molecule has 60 heavy (non-hydrogen) atoms. The van der Waals surface area contributed by atoms with Crippen LogP contribution in [0.2, 0.25) is 0 Å². The normalized spacial score (nSPS) is 12.2. The van der Waals surface area contributed by atoms with Gasteiger partial charge in [0.1, 0.15) is 11.9 Å². The molecule has 0 fully saturated rings. The molecule has 0 bridgehead atoms. The summed E-state index contributed by atoms with van der Waals surface area (Å²) in [6.07, 6.45) is 44.9. The van der Waals surface area contributed by atoms with Gasteiger partial charge in [0.25, 0.3) is 0 Å². The minimum absolute atomic E-state index is 0.0593. The molecule has 352 valence electrons. The molecule has 0 spiro atoms. The van der Waals surface area contributed by atoms with E-state index in [0.717, 1.165) is 39.7 Å². The van der Waals surface area contributed by atoms with Crippen molar-refractivity contribution in [3.63, 3.8) is 0 Å². The van der Waals surface area contributed by atoms with Gasteiger partial charge < -0.3 is 9.84 Å². The average Bonchev–Trinajstić information content (AvgIpc) is 3.19. The Kier molecular flexibility index (Phi) is 35.8. The first-order valence-electron chi connectivity index (χ1n) is 26.1. The molecule has 1 rings (SSSR count). The monoisotopic (exact) mass is 875 g/mol. The molecular formula is C55H102O3S2. The van der Waals surface area contributed by atoms with Crippen LogP contribution in [-0.2, 0) is 26.8 Å². The second-order valence-electron chi connectivity index (χ2n) is 20.6. The SMILES string of the molecule is CCCCCCCCCCCCCCCCCCSCC(CSCCCCCCCCCCCCCCCCCC)OC(=O)Cc1cc(C(C)(C)C)c(O)c(C(C)(C)C)c1. The predicted octanol–water partition coefficient (Wildman–Crippen LogP) is 18.4. The first-order valence-corrected chi connectivity index (χ1v) is 28.4. The van der Waals surface area contributed by atoms with Crippen LogP contribution in [0.5, 0.6) is 5.75 Å². The fourth-order valence-corrected chi connectivity index (χ4v) is 10.6. The van der Waals surface area contributed by atoms with Crippen LogP contribution < -0.4 is 0 Å². The molecule has 0 saturated heterocycles. The molecule has 0 unspecified atom stereocenters. The van der Waals surface area contributed by atoms with Gasteiger partial charge in [0, 0.05) is 11.5 Å². The number of aromatic hydroxyl groups is 1. The van der Waals surface area contributed by atoms with Gasteiger partial charge >= 0.3 is 5.97 Å². The van der Waals surface area contributed by atoms with Crippen molar-refractivity contribution in [2.75, 3.05) is 23.0 Å². The lowest BCUT2D eigenvalue weighted by molar-refractivity contribution is -0.146. The molecule has 0 saturated carbocycles. The Hall–Kier alpha value is -0.810. The van der Waals surface area contributed by atoms with E-state index in [2.05, 4.69) is 55.4 Å². The summed E-state index contributed by atoms with van der Waals surface area (Å²) < 4.78 is 6.26. The smallest absolute Gasteiger partial charge is 0.310 e. The first-order chi connectivity index (χ1) is 28.9. The Morgan fingerprint density at radius 2 is 0.750 bits per heavy atom. The Labute approximate surface area is 384 Å². The molecule has 0 aromatic heterocycles. The number of carbonyl (C=O) groups excluding carboxylic acids is 1. The van der Waals surface area contributed by atoms with Crippen molar-refractivity contribution in [3.8, 4) is 5.75 Å². The van der Waals surface area contributed by atoms with Gasteiger partial charge in [-0.15, -0.1) is 0 Å². The second kappa shape index (κ2) is 37.6. The van der Waals surface area contributed by atoms with Crippen molar-refractivity contribution < 1.29 is 14.6 Å². The number of ether oxygens (including phenoxy) is 1. The van der Waals surface area contributed by atoms with E-state index in [0.29, 0.717) is 5.75 Å². The lowest BCUT2D eigenvalue weighted by Crippen LogP contribution is -2.25. The molecule has 5 heteroatoms. The fourth-order valence-electron chi connectivity index (χ4n) is 8.38. The van der Waals surface area contributed by atoms with Crippen molar-refractivity contribution in [1.29, 1.82) is 0 Å². The van der Waals surface area contributed by atoms with Crippen LogP contribution in [0.15, 0.2) is 12.1 Å². The third-order valence-electron chi connectivity index (χ3n) is 12.3. The molecule has 0 aliphatic rings. The lowest BCUT2D eigenvalue weighted by Gasteiger charge is -2.28. The summed E-state index contributed by atoms with van der Waals surface area (Å²) in [6, 6.07) is 4.05. The third-order valence-corrected chi connectivity index (χ3v) is 14.7. The largest absolute Gasteiger partial charge is 0.507 e. The molecule has 0 heterocycles. The van der Waals surface area contributed by atoms with Crippen molar-refractivity contribution in [2.24, 2.45) is 0 Å². The van der Waals surface area contributed by atoms with Crippen LogP contribution in [0.1, 0.15) is 278 Å². The Morgan fingerprint density at radius 3 is 1.02 bits per heavy atom. The van der Waals surface area contributed by atoms with Gasteiger partial charge in [-0.2, -0.15) is 23.5 Å². The van der Waals surface area contributed by atoms with Gasteiger partial charge in [0.2, 0.25) is 0 Å². The number of thioether (sulfide) groups is 2. The van der Waals surface area contributed by atoms with Crippen LogP contribution in [0.25, 0.3) is 0 Å². The number of esters is 1. The van der Waals surface area contributed by atoms with Crippen molar-refractivity contribution in [3.05, 3.63) is 28.8 Å².